The first-order valence-electron chi connectivity index (χ1n) is 5.54. The molecule has 0 bridgehead atoms. The molecule has 2 rings (SSSR count). The van der Waals surface area contributed by atoms with Crippen LogP contribution < -0.4 is 5.53 Å². The number of piperidine rings is 1. The minimum Gasteiger partial charge on any atom is -0.240 e. The number of rotatable bonds is 3. The van der Waals surface area contributed by atoms with E-state index >= 15 is 0 Å². The number of nitrogens with one attached hydrogen (secondary N) is 1. The lowest BCUT2D eigenvalue weighted by atomic mass is 10.2. The second kappa shape index (κ2) is 5.51. The Morgan fingerprint density at radius 1 is 1.07 bits per heavy atom. The fourth-order valence-electron chi connectivity index (χ4n) is 1.72. The summed E-state index contributed by atoms with van der Waals surface area (Å²) in [5.41, 5.74) is 4.20. The van der Waals surface area contributed by atoms with E-state index in [2.05, 4.69) is 15.6 Å². The number of hydrogen-bond donors (Lipinski definition) is 1. The maximum Gasteiger partial charge on any atom is 0.0556 e. The highest BCUT2D eigenvalue weighted by Crippen LogP contribution is 2.05. The summed E-state index contributed by atoms with van der Waals surface area (Å²) in [6.07, 6.45) is 5.75. The normalized spacial score (nSPS) is 18.1. The second-order valence-electron chi connectivity index (χ2n) is 3.82. The van der Waals surface area contributed by atoms with Crippen LogP contribution >= 0.6 is 0 Å². The third kappa shape index (κ3) is 3.36. The van der Waals surface area contributed by atoms with E-state index in [9.17, 15) is 0 Å². The summed E-state index contributed by atoms with van der Waals surface area (Å²) in [4.78, 5) is 0. The minimum atomic E-state index is 1.10. The zero-order valence-electron chi connectivity index (χ0n) is 8.89. The van der Waals surface area contributed by atoms with Gasteiger partial charge >= 0.3 is 0 Å². The van der Waals surface area contributed by atoms with Gasteiger partial charge in [0.15, 0.2) is 0 Å². The van der Waals surface area contributed by atoms with Crippen molar-refractivity contribution in [1.29, 1.82) is 0 Å². The number of hydrazone groups is 1. The van der Waals surface area contributed by atoms with Crippen LogP contribution in [0.1, 0.15) is 24.8 Å². The highest BCUT2D eigenvalue weighted by Gasteiger charge is 2.07. The highest BCUT2D eigenvalue weighted by molar-refractivity contribution is 5.79. The molecule has 1 heterocycles. The molecule has 1 aromatic rings. The molecule has 80 valence electrons. The van der Waals surface area contributed by atoms with Crippen molar-refractivity contribution in [2.24, 2.45) is 5.10 Å². The van der Waals surface area contributed by atoms with E-state index in [4.69, 9.17) is 0 Å². The Balaban J connectivity index is 1.79. The summed E-state index contributed by atoms with van der Waals surface area (Å²) in [5, 5.41) is 6.39. The first-order chi connectivity index (χ1) is 7.45. The van der Waals surface area contributed by atoms with Crippen molar-refractivity contribution >= 4 is 6.21 Å². The SMILES string of the molecule is C(=NNN1CCCCC1)c1ccccc1. The maximum absolute atomic E-state index is 4.22. The Bertz CT molecular complexity index is 302. The quantitative estimate of drug-likeness (QED) is 0.601. The molecular formula is C12H17N3. The third-order valence-electron chi connectivity index (χ3n) is 2.57. The van der Waals surface area contributed by atoms with E-state index in [0.717, 1.165) is 18.7 Å². The first-order valence-corrected chi connectivity index (χ1v) is 5.54. The van der Waals surface area contributed by atoms with Gasteiger partial charge in [-0.2, -0.15) is 5.10 Å². The number of nitrogens with zero attached hydrogens (tertiary/aromatic N) is 2. The average molecular weight is 203 g/mol. The molecule has 0 saturated carbocycles. The predicted octanol–water partition coefficient (Wildman–Crippen LogP) is 2.01. The molecule has 0 atom stereocenters. The van der Waals surface area contributed by atoms with E-state index < -0.39 is 0 Å². The molecule has 1 aliphatic heterocycles. The van der Waals surface area contributed by atoms with E-state index in [-0.39, 0.29) is 0 Å². The molecule has 1 aromatic carbocycles. The van der Waals surface area contributed by atoms with Crippen LogP contribution in [0.4, 0.5) is 0 Å². The standard InChI is InChI=1S/C12H17N3/c1-3-7-12(8-4-1)11-13-14-15-9-5-2-6-10-15/h1,3-4,7-8,11,14H,2,5-6,9-10H2. The van der Waals surface area contributed by atoms with Crippen LogP contribution in [0.2, 0.25) is 0 Å². The van der Waals surface area contributed by atoms with Crippen LogP contribution in [0.3, 0.4) is 0 Å². The molecule has 0 amide bonds. The Morgan fingerprint density at radius 2 is 1.80 bits per heavy atom. The maximum atomic E-state index is 4.22. The Kier molecular flexibility index (Phi) is 3.74. The van der Waals surface area contributed by atoms with Crippen LogP contribution in [-0.4, -0.2) is 24.3 Å². The molecule has 0 spiro atoms. The van der Waals surface area contributed by atoms with Crippen LogP contribution in [-0.2, 0) is 0 Å². The first kappa shape index (κ1) is 10.2. The van der Waals surface area contributed by atoms with Gasteiger partial charge in [0.2, 0.25) is 0 Å². The van der Waals surface area contributed by atoms with Crippen molar-refractivity contribution in [2.75, 3.05) is 13.1 Å². The summed E-state index contributed by atoms with van der Waals surface area (Å²) in [6, 6.07) is 10.1. The summed E-state index contributed by atoms with van der Waals surface area (Å²) in [7, 11) is 0. The smallest absolute Gasteiger partial charge is 0.0556 e. The van der Waals surface area contributed by atoms with Crippen LogP contribution in [0, 0.1) is 0 Å². The van der Waals surface area contributed by atoms with Crippen molar-refractivity contribution in [3.05, 3.63) is 35.9 Å². The molecule has 3 heteroatoms. The fraction of sp³-hybridized carbons (Fsp3) is 0.417. The van der Waals surface area contributed by atoms with Gasteiger partial charge in [-0.25, -0.2) is 10.5 Å². The molecule has 1 N–H and O–H groups in total. The van der Waals surface area contributed by atoms with E-state index in [1.807, 2.05) is 36.5 Å². The van der Waals surface area contributed by atoms with Crippen molar-refractivity contribution in [1.82, 2.24) is 10.5 Å². The number of hydrazine groups is 1. The molecule has 1 fully saturated rings. The fourth-order valence-corrected chi connectivity index (χ4v) is 1.72. The van der Waals surface area contributed by atoms with Crippen molar-refractivity contribution < 1.29 is 0 Å². The van der Waals surface area contributed by atoms with Crippen LogP contribution in [0.15, 0.2) is 35.4 Å². The topological polar surface area (TPSA) is 27.6 Å². The van der Waals surface area contributed by atoms with Crippen molar-refractivity contribution in [3.8, 4) is 0 Å². The zero-order valence-corrected chi connectivity index (χ0v) is 8.89. The molecule has 0 aromatic heterocycles. The van der Waals surface area contributed by atoms with Crippen molar-refractivity contribution in [3.63, 3.8) is 0 Å². The molecule has 3 nitrogen and oxygen atoms in total. The summed E-state index contributed by atoms with van der Waals surface area (Å²) < 4.78 is 0. The molecule has 0 radical (unpaired) electrons. The number of benzene rings is 1. The van der Waals surface area contributed by atoms with E-state index in [1.165, 1.54) is 19.3 Å². The van der Waals surface area contributed by atoms with Gasteiger partial charge in [0.25, 0.3) is 0 Å². The van der Waals surface area contributed by atoms with Gasteiger partial charge < -0.3 is 0 Å². The summed E-state index contributed by atoms with van der Waals surface area (Å²) in [5.74, 6) is 0. The van der Waals surface area contributed by atoms with Gasteiger partial charge in [-0.05, 0) is 18.4 Å². The summed E-state index contributed by atoms with van der Waals surface area (Å²) in [6.45, 7) is 2.21. The monoisotopic (exact) mass is 203 g/mol. The van der Waals surface area contributed by atoms with Gasteiger partial charge in [0, 0.05) is 13.1 Å². The lowest BCUT2D eigenvalue weighted by molar-refractivity contribution is 0.158. The van der Waals surface area contributed by atoms with Gasteiger partial charge in [-0.3, -0.25) is 0 Å². The number of hydrogen-bond acceptors (Lipinski definition) is 3. The second-order valence-corrected chi connectivity index (χ2v) is 3.82. The van der Waals surface area contributed by atoms with Crippen molar-refractivity contribution in [2.45, 2.75) is 19.3 Å². The summed E-state index contributed by atoms with van der Waals surface area (Å²) >= 11 is 0. The van der Waals surface area contributed by atoms with E-state index in [1.54, 1.807) is 0 Å². The Hall–Kier alpha value is -1.35. The van der Waals surface area contributed by atoms with Gasteiger partial charge in [-0.15, -0.1) is 0 Å². The Morgan fingerprint density at radius 3 is 2.53 bits per heavy atom. The minimum absolute atomic E-state index is 1.10. The largest absolute Gasteiger partial charge is 0.240 e. The zero-order chi connectivity index (χ0) is 10.3. The molecule has 1 saturated heterocycles. The Labute approximate surface area is 90.8 Å². The molecule has 15 heavy (non-hydrogen) atoms. The molecular weight excluding hydrogens is 186 g/mol. The van der Waals surface area contributed by atoms with Crippen LogP contribution in [0.5, 0.6) is 0 Å². The van der Waals surface area contributed by atoms with Gasteiger partial charge in [-0.1, -0.05) is 36.8 Å². The highest BCUT2D eigenvalue weighted by atomic mass is 15.6. The van der Waals surface area contributed by atoms with Crippen LogP contribution in [0.25, 0.3) is 0 Å². The third-order valence-corrected chi connectivity index (χ3v) is 2.57. The lowest BCUT2D eigenvalue weighted by Crippen LogP contribution is -2.38. The van der Waals surface area contributed by atoms with Gasteiger partial charge in [0.05, 0.1) is 6.21 Å². The van der Waals surface area contributed by atoms with Gasteiger partial charge in [0.1, 0.15) is 0 Å². The molecule has 1 aliphatic rings. The lowest BCUT2D eigenvalue weighted by Gasteiger charge is -2.24. The average Bonchev–Trinajstić information content (AvgIpc) is 2.32. The molecule has 0 aliphatic carbocycles. The molecule has 0 unspecified atom stereocenters. The van der Waals surface area contributed by atoms with E-state index in [0.29, 0.717) is 0 Å². The predicted molar refractivity (Wildman–Crippen MR) is 62.6 cm³/mol.